The number of aromatic nitrogens is 1. The van der Waals surface area contributed by atoms with E-state index in [1.165, 1.54) is 36.5 Å². The second-order valence-electron chi connectivity index (χ2n) is 7.66. The highest BCUT2D eigenvalue weighted by atomic mass is 35.5. The first kappa shape index (κ1) is 23.0. The number of carbonyl (C=O) groups excluding carboxylic acids is 2. The van der Waals surface area contributed by atoms with E-state index < -0.39 is 46.9 Å². The third-order valence-corrected chi connectivity index (χ3v) is 5.67. The van der Waals surface area contributed by atoms with Crippen LogP contribution in [0, 0.1) is 23.6 Å². The van der Waals surface area contributed by atoms with Crippen molar-refractivity contribution in [3.8, 4) is 11.4 Å². The fraction of sp³-hybridized carbons (Fsp3) is 0.130. The second-order valence-corrected chi connectivity index (χ2v) is 8.09. The Morgan fingerprint density at radius 1 is 0.912 bits per heavy atom. The first-order chi connectivity index (χ1) is 16.2. The zero-order valence-electron chi connectivity index (χ0n) is 17.2. The van der Waals surface area contributed by atoms with E-state index >= 15 is 0 Å². The number of aromatic hydroxyl groups is 1. The average Bonchev–Trinajstić information content (AvgIpc) is 3.53. The summed E-state index contributed by atoms with van der Waals surface area (Å²) in [7, 11) is 0. The number of rotatable bonds is 6. The van der Waals surface area contributed by atoms with Crippen LogP contribution in [-0.2, 0) is 14.4 Å². The molecule has 3 atom stereocenters. The van der Waals surface area contributed by atoms with Crippen LogP contribution in [0.4, 0.5) is 15.8 Å². The van der Waals surface area contributed by atoms with Gasteiger partial charge in [-0.1, -0.05) is 11.6 Å². The molecule has 0 radical (unpaired) electrons. The van der Waals surface area contributed by atoms with Crippen LogP contribution >= 0.6 is 11.6 Å². The molecule has 0 saturated heterocycles. The van der Waals surface area contributed by atoms with Gasteiger partial charge < -0.3 is 20.8 Å². The van der Waals surface area contributed by atoms with Gasteiger partial charge in [0.2, 0.25) is 11.8 Å². The topological polar surface area (TPSA) is 138 Å². The minimum atomic E-state index is -1.32. The number of pyridine rings is 1. The van der Waals surface area contributed by atoms with Gasteiger partial charge in [0.1, 0.15) is 11.6 Å². The minimum Gasteiger partial charge on any atom is -0.508 e. The molecule has 0 spiro atoms. The predicted octanol–water partition coefficient (Wildman–Crippen LogP) is 2.86. The van der Waals surface area contributed by atoms with Gasteiger partial charge in [-0.3, -0.25) is 23.7 Å². The van der Waals surface area contributed by atoms with Crippen molar-refractivity contribution >= 4 is 40.8 Å². The van der Waals surface area contributed by atoms with Crippen molar-refractivity contribution in [2.24, 2.45) is 17.8 Å². The summed E-state index contributed by atoms with van der Waals surface area (Å²) in [6, 6.07) is 11.9. The van der Waals surface area contributed by atoms with Gasteiger partial charge in [-0.05, 0) is 42.5 Å². The van der Waals surface area contributed by atoms with E-state index in [1.54, 1.807) is 12.1 Å². The predicted molar refractivity (Wildman–Crippen MR) is 120 cm³/mol. The van der Waals surface area contributed by atoms with Gasteiger partial charge in [0, 0.05) is 29.0 Å². The van der Waals surface area contributed by atoms with Gasteiger partial charge in [-0.2, -0.15) is 0 Å². The van der Waals surface area contributed by atoms with E-state index in [0.717, 1.165) is 16.7 Å². The highest BCUT2D eigenvalue weighted by Crippen LogP contribution is 2.48. The van der Waals surface area contributed by atoms with Gasteiger partial charge in [-0.15, -0.1) is 0 Å². The molecule has 3 aromatic rings. The summed E-state index contributed by atoms with van der Waals surface area (Å²) >= 11 is 5.80. The second kappa shape index (κ2) is 8.99. The van der Waals surface area contributed by atoms with E-state index in [1.807, 2.05) is 0 Å². The SMILES string of the molecule is O=C(O)C1C(C(=O)Nc2ccc(Cl)cc2)C1C(=O)Nc1ccc(-n2ccc(O)cc2=O)cc1F. The van der Waals surface area contributed by atoms with Crippen molar-refractivity contribution in [3.05, 3.63) is 82.0 Å². The molecule has 2 amide bonds. The summed E-state index contributed by atoms with van der Waals surface area (Å²) in [6.45, 7) is 0. The number of benzene rings is 2. The van der Waals surface area contributed by atoms with Crippen molar-refractivity contribution in [3.63, 3.8) is 0 Å². The lowest BCUT2D eigenvalue weighted by atomic mass is 10.2. The molecular formula is C23H17ClFN3O6. The highest BCUT2D eigenvalue weighted by molar-refractivity contribution is 6.30. The standard InChI is InChI=1S/C23H17ClFN3O6/c24-11-1-3-12(4-2-11)26-21(31)18-19(20(18)23(33)34)22(32)27-16-6-5-13(9-15(16)25)28-8-7-14(29)10-17(28)30/h1-10,18-20,29H,(H,26,31)(H,27,32)(H,33,34). The van der Waals surface area contributed by atoms with Crippen LogP contribution in [0.25, 0.3) is 5.69 Å². The number of carbonyl (C=O) groups is 3. The molecule has 34 heavy (non-hydrogen) atoms. The zero-order valence-corrected chi connectivity index (χ0v) is 18.0. The molecule has 2 aromatic carbocycles. The van der Waals surface area contributed by atoms with Crippen LogP contribution in [0.2, 0.25) is 5.02 Å². The zero-order chi connectivity index (χ0) is 24.6. The Hall–Kier alpha value is -4.18. The fourth-order valence-electron chi connectivity index (χ4n) is 3.68. The van der Waals surface area contributed by atoms with E-state index in [-0.39, 0.29) is 17.1 Å². The Morgan fingerprint density at radius 3 is 2.15 bits per heavy atom. The van der Waals surface area contributed by atoms with E-state index in [2.05, 4.69) is 10.6 Å². The molecule has 0 bridgehead atoms. The molecule has 0 aliphatic heterocycles. The number of amides is 2. The van der Waals surface area contributed by atoms with Gasteiger partial charge in [-0.25, -0.2) is 4.39 Å². The fourth-order valence-corrected chi connectivity index (χ4v) is 3.81. The Balaban J connectivity index is 1.48. The average molecular weight is 486 g/mol. The first-order valence-electron chi connectivity index (χ1n) is 9.97. The molecule has 174 valence electrons. The number of carboxylic acid groups (broad SMARTS) is 1. The molecular weight excluding hydrogens is 469 g/mol. The van der Waals surface area contributed by atoms with Crippen LogP contribution in [-0.4, -0.2) is 32.6 Å². The largest absolute Gasteiger partial charge is 0.508 e. The van der Waals surface area contributed by atoms with Crippen LogP contribution in [0.15, 0.2) is 65.6 Å². The number of nitrogens with zero attached hydrogens (tertiary/aromatic N) is 1. The van der Waals surface area contributed by atoms with Gasteiger partial charge >= 0.3 is 5.97 Å². The van der Waals surface area contributed by atoms with Crippen molar-refractivity contribution in [1.29, 1.82) is 0 Å². The number of hydrogen-bond donors (Lipinski definition) is 4. The smallest absolute Gasteiger partial charge is 0.308 e. The first-order valence-corrected chi connectivity index (χ1v) is 10.3. The van der Waals surface area contributed by atoms with E-state index in [4.69, 9.17) is 11.6 Å². The molecule has 1 fully saturated rings. The lowest BCUT2D eigenvalue weighted by Gasteiger charge is -2.10. The van der Waals surface area contributed by atoms with Crippen LogP contribution in [0.5, 0.6) is 5.75 Å². The number of nitrogens with one attached hydrogen (secondary N) is 2. The van der Waals surface area contributed by atoms with Gasteiger partial charge in [0.15, 0.2) is 0 Å². The maximum Gasteiger partial charge on any atom is 0.308 e. The summed E-state index contributed by atoms with van der Waals surface area (Å²) in [5.41, 5.74) is -0.298. The molecule has 1 aliphatic rings. The maximum absolute atomic E-state index is 14.6. The molecule has 11 heteroatoms. The lowest BCUT2D eigenvalue weighted by molar-refractivity contribution is -0.140. The third-order valence-electron chi connectivity index (χ3n) is 5.41. The highest BCUT2D eigenvalue weighted by Gasteiger charge is 2.63. The molecule has 1 saturated carbocycles. The lowest BCUT2D eigenvalue weighted by Crippen LogP contribution is -2.21. The summed E-state index contributed by atoms with van der Waals surface area (Å²) in [4.78, 5) is 48.8. The van der Waals surface area contributed by atoms with Crippen molar-refractivity contribution in [1.82, 2.24) is 4.57 Å². The Labute approximate surface area is 196 Å². The van der Waals surface area contributed by atoms with Crippen LogP contribution in [0.1, 0.15) is 0 Å². The Morgan fingerprint density at radius 2 is 1.56 bits per heavy atom. The monoisotopic (exact) mass is 485 g/mol. The summed E-state index contributed by atoms with van der Waals surface area (Å²) < 4.78 is 15.7. The van der Waals surface area contributed by atoms with E-state index in [0.29, 0.717) is 10.7 Å². The number of anilines is 2. The van der Waals surface area contributed by atoms with Crippen LogP contribution < -0.4 is 16.2 Å². The summed E-state index contributed by atoms with van der Waals surface area (Å²) in [5, 5.41) is 24.1. The number of aliphatic carboxylic acids is 1. The molecule has 9 nitrogen and oxygen atoms in total. The third kappa shape index (κ3) is 4.62. The minimum absolute atomic E-state index is 0.149. The van der Waals surface area contributed by atoms with Crippen LogP contribution in [0.3, 0.4) is 0 Å². The van der Waals surface area contributed by atoms with Gasteiger partial charge in [0.25, 0.3) is 5.56 Å². The van der Waals surface area contributed by atoms with Crippen molar-refractivity contribution in [2.75, 3.05) is 10.6 Å². The van der Waals surface area contributed by atoms with E-state index in [9.17, 15) is 33.8 Å². The normalized spacial score (nSPS) is 18.7. The summed E-state index contributed by atoms with van der Waals surface area (Å²) in [6.07, 6.45) is 1.26. The number of carboxylic acids is 1. The quantitative estimate of drug-likeness (QED) is 0.423. The Bertz CT molecular complexity index is 1360. The van der Waals surface area contributed by atoms with Gasteiger partial charge in [0.05, 0.1) is 29.1 Å². The number of halogens is 2. The molecule has 4 rings (SSSR count). The Kier molecular flexibility index (Phi) is 6.08. The maximum atomic E-state index is 14.6. The molecule has 4 N–H and O–H groups in total. The van der Waals surface area contributed by atoms with Crippen molar-refractivity contribution in [2.45, 2.75) is 0 Å². The summed E-state index contributed by atoms with van der Waals surface area (Å²) in [5.74, 6) is -7.49. The molecule has 3 unspecified atom stereocenters. The molecule has 1 heterocycles. The van der Waals surface area contributed by atoms with Crippen molar-refractivity contribution < 1.29 is 29.0 Å². The molecule has 1 aliphatic carbocycles. The molecule has 1 aromatic heterocycles. The number of hydrogen-bond acceptors (Lipinski definition) is 5.